The van der Waals surface area contributed by atoms with Gasteiger partial charge in [-0.2, -0.15) is 0 Å². The van der Waals surface area contributed by atoms with Crippen molar-refractivity contribution in [2.75, 3.05) is 6.61 Å². The van der Waals surface area contributed by atoms with Crippen LogP contribution in [0.2, 0.25) is 0 Å². The van der Waals surface area contributed by atoms with Gasteiger partial charge < -0.3 is 10.5 Å². The fourth-order valence-corrected chi connectivity index (χ4v) is 1.79. The second kappa shape index (κ2) is 5.61. The van der Waals surface area contributed by atoms with Gasteiger partial charge in [0.2, 0.25) is 0 Å². The first-order valence-corrected chi connectivity index (χ1v) is 5.57. The van der Waals surface area contributed by atoms with Crippen LogP contribution in [0.15, 0.2) is 0 Å². The van der Waals surface area contributed by atoms with Crippen molar-refractivity contribution in [1.29, 1.82) is 0 Å². The molecule has 78 valence electrons. The Bertz CT molecular complexity index is 130. The summed E-state index contributed by atoms with van der Waals surface area (Å²) < 4.78 is 5.72. The molecule has 0 spiro atoms. The molecule has 2 heteroatoms. The molecule has 0 aromatic rings. The molecule has 1 rings (SSSR count). The maximum absolute atomic E-state index is 5.73. The minimum atomic E-state index is 0.156. The Labute approximate surface area is 81.8 Å². The van der Waals surface area contributed by atoms with Crippen LogP contribution in [0, 0.1) is 5.92 Å². The van der Waals surface area contributed by atoms with Gasteiger partial charge in [0.15, 0.2) is 0 Å². The molecule has 0 radical (unpaired) electrons. The molecule has 0 amide bonds. The molecule has 1 aliphatic carbocycles. The molecule has 1 aliphatic rings. The van der Waals surface area contributed by atoms with Crippen LogP contribution in [0.1, 0.15) is 46.0 Å². The zero-order valence-electron chi connectivity index (χ0n) is 8.96. The number of nitrogens with two attached hydrogens (primary N) is 1. The number of rotatable bonds is 4. The third-order valence-corrected chi connectivity index (χ3v) is 3.06. The van der Waals surface area contributed by atoms with Crippen molar-refractivity contribution >= 4 is 0 Å². The van der Waals surface area contributed by atoms with E-state index in [9.17, 15) is 0 Å². The summed E-state index contributed by atoms with van der Waals surface area (Å²) in [4.78, 5) is 0. The Kier molecular flexibility index (Phi) is 4.74. The minimum absolute atomic E-state index is 0.156. The highest BCUT2D eigenvalue weighted by atomic mass is 16.5. The fourth-order valence-electron chi connectivity index (χ4n) is 1.79. The lowest BCUT2D eigenvalue weighted by atomic mass is 9.90. The van der Waals surface area contributed by atoms with Crippen LogP contribution < -0.4 is 5.73 Å². The van der Waals surface area contributed by atoms with Crippen LogP contribution in [0.3, 0.4) is 0 Å². The van der Waals surface area contributed by atoms with E-state index in [1.54, 1.807) is 0 Å². The van der Waals surface area contributed by atoms with Crippen LogP contribution in [0.25, 0.3) is 0 Å². The molecule has 1 saturated carbocycles. The molecule has 0 bridgehead atoms. The van der Waals surface area contributed by atoms with E-state index in [0.717, 1.165) is 12.5 Å². The summed E-state index contributed by atoms with van der Waals surface area (Å²) in [5.41, 5.74) is 5.73. The van der Waals surface area contributed by atoms with Crippen molar-refractivity contribution in [2.45, 2.75) is 58.1 Å². The highest BCUT2D eigenvalue weighted by Gasteiger charge is 2.15. The van der Waals surface area contributed by atoms with Gasteiger partial charge in [-0.1, -0.05) is 19.3 Å². The normalized spacial score (nSPS) is 24.2. The summed E-state index contributed by atoms with van der Waals surface area (Å²) in [7, 11) is 0. The quantitative estimate of drug-likeness (QED) is 0.729. The topological polar surface area (TPSA) is 35.2 Å². The fraction of sp³-hybridized carbons (Fsp3) is 1.00. The first-order valence-electron chi connectivity index (χ1n) is 5.57. The van der Waals surface area contributed by atoms with E-state index >= 15 is 0 Å². The van der Waals surface area contributed by atoms with E-state index in [4.69, 9.17) is 10.5 Å². The summed E-state index contributed by atoms with van der Waals surface area (Å²) in [6.45, 7) is 4.99. The van der Waals surface area contributed by atoms with Crippen LogP contribution in [0.5, 0.6) is 0 Å². The Morgan fingerprint density at radius 1 is 1.23 bits per heavy atom. The number of ether oxygens (including phenoxy) is 1. The first kappa shape index (κ1) is 11.0. The molecule has 0 saturated heterocycles. The van der Waals surface area contributed by atoms with Crippen LogP contribution in [-0.4, -0.2) is 18.8 Å². The SMILES string of the molecule is CC(OCC1CCCCC1)[C@H](C)N. The standard InChI is InChI=1S/C11H23NO/c1-9(12)10(2)13-8-11-6-4-3-5-7-11/h9-11H,3-8,12H2,1-2H3/t9-,10?/m0/s1. The molecule has 13 heavy (non-hydrogen) atoms. The molecule has 2 atom stereocenters. The maximum atomic E-state index is 5.73. The van der Waals surface area contributed by atoms with Gasteiger partial charge in [-0.05, 0) is 32.6 Å². The van der Waals surface area contributed by atoms with Gasteiger partial charge in [0.1, 0.15) is 0 Å². The summed E-state index contributed by atoms with van der Waals surface area (Å²) in [5, 5.41) is 0. The highest BCUT2D eigenvalue weighted by molar-refractivity contribution is 4.67. The number of hydrogen-bond donors (Lipinski definition) is 1. The summed E-state index contributed by atoms with van der Waals surface area (Å²) >= 11 is 0. The highest BCUT2D eigenvalue weighted by Crippen LogP contribution is 2.24. The molecule has 0 heterocycles. The van der Waals surface area contributed by atoms with Crippen molar-refractivity contribution < 1.29 is 4.74 Å². The Hall–Kier alpha value is -0.0800. The van der Waals surface area contributed by atoms with Crippen molar-refractivity contribution in [1.82, 2.24) is 0 Å². The van der Waals surface area contributed by atoms with Gasteiger partial charge >= 0.3 is 0 Å². The Morgan fingerprint density at radius 2 is 1.85 bits per heavy atom. The molecule has 0 aromatic carbocycles. The molecule has 1 unspecified atom stereocenters. The molecule has 0 aliphatic heterocycles. The summed E-state index contributed by atoms with van der Waals surface area (Å²) in [5.74, 6) is 0.801. The number of hydrogen-bond acceptors (Lipinski definition) is 2. The lowest BCUT2D eigenvalue weighted by molar-refractivity contribution is 0.0204. The molecule has 0 aromatic heterocycles. The summed E-state index contributed by atoms with van der Waals surface area (Å²) in [6.07, 6.45) is 7.11. The van der Waals surface area contributed by atoms with Crippen molar-refractivity contribution in [2.24, 2.45) is 11.7 Å². The van der Waals surface area contributed by atoms with Gasteiger partial charge in [-0.15, -0.1) is 0 Å². The third kappa shape index (κ3) is 4.10. The molecule has 1 fully saturated rings. The third-order valence-electron chi connectivity index (χ3n) is 3.06. The first-order chi connectivity index (χ1) is 6.20. The molecular formula is C11H23NO. The minimum Gasteiger partial charge on any atom is -0.377 e. The van der Waals surface area contributed by atoms with Gasteiger partial charge in [0.25, 0.3) is 0 Å². The molecule has 2 nitrogen and oxygen atoms in total. The van der Waals surface area contributed by atoms with Crippen LogP contribution in [-0.2, 0) is 4.74 Å². The predicted octanol–water partition coefficient (Wildman–Crippen LogP) is 2.32. The zero-order valence-corrected chi connectivity index (χ0v) is 8.96. The van der Waals surface area contributed by atoms with E-state index < -0.39 is 0 Å². The second-order valence-corrected chi connectivity index (χ2v) is 4.40. The van der Waals surface area contributed by atoms with E-state index in [0.29, 0.717) is 0 Å². The van der Waals surface area contributed by atoms with Gasteiger partial charge in [-0.25, -0.2) is 0 Å². The van der Waals surface area contributed by atoms with E-state index in [-0.39, 0.29) is 12.1 Å². The predicted molar refractivity (Wildman–Crippen MR) is 55.6 cm³/mol. The molecule has 2 N–H and O–H groups in total. The lowest BCUT2D eigenvalue weighted by Gasteiger charge is -2.24. The Morgan fingerprint density at radius 3 is 2.38 bits per heavy atom. The maximum Gasteiger partial charge on any atom is 0.0695 e. The van der Waals surface area contributed by atoms with Crippen molar-refractivity contribution in [3.05, 3.63) is 0 Å². The van der Waals surface area contributed by atoms with Crippen molar-refractivity contribution in [3.63, 3.8) is 0 Å². The average molecular weight is 185 g/mol. The van der Waals surface area contributed by atoms with E-state index in [2.05, 4.69) is 6.92 Å². The van der Waals surface area contributed by atoms with Gasteiger partial charge in [-0.3, -0.25) is 0 Å². The molecular weight excluding hydrogens is 162 g/mol. The lowest BCUT2D eigenvalue weighted by Crippen LogP contribution is -2.33. The van der Waals surface area contributed by atoms with Crippen LogP contribution >= 0.6 is 0 Å². The van der Waals surface area contributed by atoms with E-state index in [1.165, 1.54) is 32.1 Å². The Balaban J connectivity index is 2.10. The average Bonchev–Trinajstić information content (AvgIpc) is 2.15. The van der Waals surface area contributed by atoms with Gasteiger partial charge in [0, 0.05) is 12.6 Å². The second-order valence-electron chi connectivity index (χ2n) is 4.40. The van der Waals surface area contributed by atoms with Crippen LogP contribution in [0.4, 0.5) is 0 Å². The van der Waals surface area contributed by atoms with Gasteiger partial charge in [0.05, 0.1) is 6.10 Å². The zero-order chi connectivity index (χ0) is 9.68. The smallest absolute Gasteiger partial charge is 0.0695 e. The largest absolute Gasteiger partial charge is 0.377 e. The monoisotopic (exact) mass is 185 g/mol. The van der Waals surface area contributed by atoms with E-state index in [1.807, 2.05) is 6.92 Å². The summed E-state index contributed by atoms with van der Waals surface area (Å²) in [6, 6.07) is 0.156. The van der Waals surface area contributed by atoms with Crippen molar-refractivity contribution in [3.8, 4) is 0 Å².